The SMILES string of the molecule is NCNP(=O)(O)CCC12CC3CC(CC(C3)C1)C2. The van der Waals surface area contributed by atoms with Crippen LogP contribution in [0.15, 0.2) is 0 Å². The van der Waals surface area contributed by atoms with E-state index in [0.717, 1.165) is 24.2 Å². The number of hydrogen-bond donors (Lipinski definition) is 3. The number of rotatable bonds is 5. The van der Waals surface area contributed by atoms with E-state index in [0.29, 0.717) is 11.6 Å². The summed E-state index contributed by atoms with van der Waals surface area (Å²) in [4.78, 5) is 9.78. The lowest BCUT2D eigenvalue weighted by Gasteiger charge is -2.57. The molecule has 104 valence electrons. The third kappa shape index (κ3) is 2.53. The number of hydrogen-bond acceptors (Lipinski definition) is 2. The molecule has 4 saturated carbocycles. The summed E-state index contributed by atoms with van der Waals surface area (Å²) in [6.07, 6.45) is 9.52. The van der Waals surface area contributed by atoms with Gasteiger partial charge in [-0.05, 0) is 68.1 Å². The summed E-state index contributed by atoms with van der Waals surface area (Å²) in [5.41, 5.74) is 5.70. The maximum absolute atomic E-state index is 11.9. The molecule has 0 aromatic rings. The normalized spacial score (nSPS) is 45.1. The van der Waals surface area contributed by atoms with E-state index < -0.39 is 7.52 Å². The molecule has 0 spiro atoms. The highest BCUT2D eigenvalue weighted by atomic mass is 31.2. The van der Waals surface area contributed by atoms with Gasteiger partial charge in [-0.15, -0.1) is 0 Å². The second kappa shape index (κ2) is 4.59. The molecule has 4 nitrogen and oxygen atoms in total. The first-order chi connectivity index (χ1) is 8.50. The van der Waals surface area contributed by atoms with Gasteiger partial charge in [-0.25, -0.2) is 5.09 Å². The zero-order chi connectivity index (χ0) is 12.8. The highest BCUT2D eigenvalue weighted by molar-refractivity contribution is 7.55. The van der Waals surface area contributed by atoms with E-state index in [1.54, 1.807) is 0 Å². The predicted molar refractivity (Wildman–Crippen MR) is 72.1 cm³/mol. The minimum atomic E-state index is -3.19. The van der Waals surface area contributed by atoms with Crippen molar-refractivity contribution >= 4 is 7.52 Å². The topological polar surface area (TPSA) is 75.3 Å². The molecule has 5 heteroatoms. The molecule has 4 bridgehead atoms. The molecule has 0 amide bonds. The van der Waals surface area contributed by atoms with Gasteiger partial charge in [0, 0.05) is 6.16 Å². The van der Waals surface area contributed by atoms with E-state index in [4.69, 9.17) is 5.73 Å². The van der Waals surface area contributed by atoms with E-state index in [2.05, 4.69) is 5.09 Å². The van der Waals surface area contributed by atoms with Gasteiger partial charge in [0.1, 0.15) is 0 Å². The summed E-state index contributed by atoms with van der Waals surface area (Å²) in [7, 11) is -3.19. The molecule has 0 radical (unpaired) electrons. The minimum Gasteiger partial charge on any atom is -0.333 e. The molecule has 1 unspecified atom stereocenters. The van der Waals surface area contributed by atoms with Crippen molar-refractivity contribution in [2.45, 2.75) is 44.9 Å². The van der Waals surface area contributed by atoms with Crippen molar-refractivity contribution in [1.82, 2.24) is 5.09 Å². The fourth-order valence-electron chi connectivity index (χ4n) is 5.21. The molecule has 4 N–H and O–H groups in total. The molecule has 1 atom stereocenters. The summed E-state index contributed by atoms with van der Waals surface area (Å²) < 4.78 is 11.9. The Hall–Kier alpha value is 0.110. The molecule has 0 heterocycles. The number of nitrogens with two attached hydrogens (primary N) is 1. The summed E-state index contributed by atoms with van der Waals surface area (Å²) in [6.45, 7) is 0.0919. The monoisotopic (exact) mass is 272 g/mol. The summed E-state index contributed by atoms with van der Waals surface area (Å²) >= 11 is 0. The van der Waals surface area contributed by atoms with Gasteiger partial charge in [-0.1, -0.05) is 0 Å². The van der Waals surface area contributed by atoms with Crippen LogP contribution in [0.4, 0.5) is 0 Å². The average Bonchev–Trinajstić information content (AvgIpc) is 2.25. The molecule has 0 saturated heterocycles. The maximum atomic E-state index is 11.9. The second-order valence-electron chi connectivity index (χ2n) is 6.95. The Bertz CT molecular complexity index is 337. The van der Waals surface area contributed by atoms with Crippen molar-refractivity contribution < 1.29 is 9.46 Å². The summed E-state index contributed by atoms with van der Waals surface area (Å²) in [6, 6.07) is 0. The third-order valence-electron chi connectivity index (χ3n) is 5.45. The van der Waals surface area contributed by atoms with Crippen LogP contribution in [0.25, 0.3) is 0 Å². The molecule has 4 rings (SSSR count). The third-order valence-corrected chi connectivity index (χ3v) is 6.96. The van der Waals surface area contributed by atoms with E-state index >= 15 is 0 Å². The smallest absolute Gasteiger partial charge is 0.268 e. The zero-order valence-corrected chi connectivity index (χ0v) is 11.9. The first-order valence-corrected chi connectivity index (χ1v) is 9.12. The van der Waals surface area contributed by atoms with E-state index in [-0.39, 0.29) is 6.67 Å². The second-order valence-corrected chi connectivity index (χ2v) is 9.12. The Morgan fingerprint density at radius 1 is 1.17 bits per heavy atom. The van der Waals surface area contributed by atoms with Crippen LogP contribution in [-0.2, 0) is 4.57 Å². The lowest BCUT2D eigenvalue weighted by molar-refractivity contribution is -0.0543. The van der Waals surface area contributed by atoms with Gasteiger partial charge in [0.25, 0.3) is 7.52 Å². The summed E-state index contributed by atoms with van der Waals surface area (Å²) in [5, 5.41) is 2.54. The first kappa shape index (κ1) is 13.1. The fourth-order valence-corrected chi connectivity index (χ4v) is 6.43. The molecule has 18 heavy (non-hydrogen) atoms. The molecular weight excluding hydrogens is 247 g/mol. The van der Waals surface area contributed by atoms with Crippen molar-refractivity contribution in [1.29, 1.82) is 0 Å². The molecule has 0 aliphatic heterocycles. The van der Waals surface area contributed by atoms with E-state index in [1.165, 1.54) is 38.5 Å². The largest absolute Gasteiger partial charge is 0.333 e. The van der Waals surface area contributed by atoms with Gasteiger partial charge in [0.2, 0.25) is 0 Å². The molecule has 0 aromatic carbocycles. The van der Waals surface area contributed by atoms with Crippen LogP contribution in [0, 0.1) is 23.2 Å². The van der Waals surface area contributed by atoms with Gasteiger partial charge in [-0.3, -0.25) is 4.57 Å². The highest BCUT2D eigenvalue weighted by Crippen LogP contribution is 2.62. The van der Waals surface area contributed by atoms with Crippen molar-refractivity contribution in [2.24, 2.45) is 28.9 Å². The van der Waals surface area contributed by atoms with Crippen LogP contribution in [-0.4, -0.2) is 17.7 Å². The average molecular weight is 272 g/mol. The molecule has 0 aromatic heterocycles. The van der Waals surface area contributed by atoms with Crippen LogP contribution in [0.3, 0.4) is 0 Å². The van der Waals surface area contributed by atoms with Gasteiger partial charge < -0.3 is 10.6 Å². The lowest BCUT2D eigenvalue weighted by Crippen LogP contribution is -2.46. The Labute approximate surface area is 109 Å². The lowest BCUT2D eigenvalue weighted by atomic mass is 9.49. The Morgan fingerprint density at radius 3 is 2.11 bits per heavy atom. The maximum Gasteiger partial charge on any atom is 0.268 e. The van der Waals surface area contributed by atoms with Crippen molar-refractivity contribution in [2.75, 3.05) is 12.8 Å². The van der Waals surface area contributed by atoms with E-state index in [9.17, 15) is 9.46 Å². The van der Waals surface area contributed by atoms with Crippen LogP contribution < -0.4 is 10.8 Å². The van der Waals surface area contributed by atoms with Crippen molar-refractivity contribution in [3.63, 3.8) is 0 Å². The molecule has 4 fully saturated rings. The van der Waals surface area contributed by atoms with E-state index in [1.807, 2.05) is 0 Å². The van der Waals surface area contributed by atoms with Gasteiger partial charge in [0.05, 0.1) is 6.67 Å². The Balaban J connectivity index is 1.64. The molecule has 4 aliphatic rings. The summed E-state index contributed by atoms with van der Waals surface area (Å²) in [5.74, 6) is 2.74. The quantitative estimate of drug-likeness (QED) is 0.530. The Morgan fingerprint density at radius 2 is 1.67 bits per heavy atom. The predicted octanol–water partition coefficient (Wildman–Crippen LogP) is 2.28. The first-order valence-electron chi connectivity index (χ1n) is 7.27. The van der Waals surface area contributed by atoms with Gasteiger partial charge in [-0.2, -0.15) is 0 Å². The van der Waals surface area contributed by atoms with Crippen molar-refractivity contribution in [3.8, 4) is 0 Å². The standard InChI is InChI=1S/C13H25N2O2P/c14-9-15-18(16,17)2-1-13-6-10-3-11(7-13)5-12(4-10)8-13/h10-12H,1-9,14H2,(H2,15,16,17). The van der Waals surface area contributed by atoms with Crippen LogP contribution in [0.1, 0.15) is 44.9 Å². The van der Waals surface area contributed by atoms with Crippen LogP contribution >= 0.6 is 7.52 Å². The number of nitrogens with one attached hydrogen (secondary N) is 1. The van der Waals surface area contributed by atoms with Gasteiger partial charge in [0.15, 0.2) is 0 Å². The minimum absolute atomic E-state index is 0.0919. The van der Waals surface area contributed by atoms with Crippen molar-refractivity contribution in [3.05, 3.63) is 0 Å². The van der Waals surface area contributed by atoms with Crippen LogP contribution in [0.5, 0.6) is 0 Å². The Kier molecular flexibility index (Phi) is 3.34. The zero-order valence-electron chi connectivity index (χ0n) is 11.0. The van der Waals surface area contributed by atoms with Gasteiger partial charge >= 0.3 is 0 Å². The van der Waals surface area contributed by atoms with Crippen LogP contribution in [0.2, 0.25) is 0 Å². The molecular formula is C13H25N2O2P. The molecule has 4 aliphatic carbocycles. The highest BCUT2D eigenvalue weighted by Gasteiger charge is 2.50. The fraction of sp³-hybridized carbons (Fsp3) is 1.00.